The summed E-state index contributed by atoms with van der Waals surface area (Å²) in [5.41, 5.74) is 0.303. The molecule has 0 atom stereocenters. The van der Waals surface area contributed by atoms with Gasteiger partial charge in [0.25, 0.3) is 0 Å². The Balaban J connectivity index is 1.73. The Labute approximate surface area is 235 Å². The third-order valence-corrected chi connectivity index (χ3v) is 7.03. The number of anilines is 1. The highest BCUT2D eigenvalue weighted by molar-refractivity contribution is 7.11. The molecule has 0 aliphatic heterocycles. The highest BCUT2D eigenvalue weighted by atomic mass is 32.1. The van der Waals surface area contributed by atoms with Crippen molar-refractivity contribution in [1.29, 1.82) is 0 Å². The number of rotatable bonds is 12. The Bertz CT molecular complexity index is 1310. The molecule has 214 valence electrons. The quantitative estimate of drug-likeness (QED) is 0.254. The van der Waals surface area contributed by atoms with Crippen molar-refractivity contribution in [3.63, 3.8) is 0 Å². The Kier molecular flexibility index (Phi) is 10.6. The maximum atomic E-state index is 13.5. The number of alkyl halides is 3. The van der Waals surface area contributed by atoms with Gasteiger partial charge < -0.3 is 24.6 Å². The molecule has 0 aliphatic rings. The third-order valence-electron chi connectivity index (χ3n) is 6.04. The summed E-state index contributed by atoms with van der Waals surface area (Å²) in [5.74, 6) is 0.909. The highest BCUT2D eigenvalue weighted by Gasteiger charge is 2.30. The summed E-state index contributed by atoms with van der Waals surface area (Å²) < 4.78 is 49.3. The third kappa shape index (κ3) is 8.51. The first-order chi connectivity index (χ1) is 19.0. The summed E-state index contributed by atoms with van der Waals surface area (Å²) in [7, 11) is 3.12. The van der Waals surface area contributed by atoms with Crippen molar-refractivity contribution >= 4 is 29.0 Å². The molecule has 7 nitrogen and oxygen atoms in total. The number of carbonyl (C=O) groups excluding carboxylic acids is 2. The molecular weight excluding hydrogens is 543 g/mol. The number of ether oxygens (including phenoxy) is 2. The molecule has 0 saturated heterocycles. The van der Waals surface area contributed by atoms with Gasteiger partial charge in [0.15, 0.2) is 11.5 Å². The van der Waals surface area contributed by atoms with Crippen LogP contribution < -0.4 is 14.8 Å². The fourth-order valence-corrected chi connectivity index (χ4v) is 4.84. The van der Waals surface area contributed by atoms with E-state index in [1.54, 1.807) is 36.5 Å². The molecule has 1 N–H and O–H groups in total. The lowest BCUT2D eigenvalue weighted by atomic mass is 10.1. The van der Waals surface area contributed by atoms with E-state index in [0.29, 0.717) is 31.0 Å². The van der Waals surface area contributed by atoms with E-state index in [4.69, 9.17) is 9.47 Å². The van der Waals surface area contributed by atoms with Crippen LogP contribution in [0.25, 0.3) is 0 Å². The summed E-state index contributed by atoms with van der Waals surface area (Å²) >= 11 is 1.59. The minimum absolute atomic E-state index is 0.0693. The SMILES string of the molecule is C=CCN(CC(=O)N(CCc1ccc(OC)c(OC)c1)Cc1ccc(C)s1)C(=O)Nc1ccc(C(F)(F)F)cc1. The number of urea groups is 1. The molecule has 0 aliphatic carbocycles. The summed E-state index contributed by atoms with van der Waals surface area (Å²) in [5, 5.41) is 2.56. The van der Waals surface area contributed by atoms with Gasteiger partial charge in [-0.3, -0.25) is 4.79 Å². The van der Waals surface area contributed by atoms with Crippen molar-refractivity contribution in [3.05, 3.63) is 88.1 Å². The largest absolute Gasteiger partial charge is 0.493 e. The lowest BCUT2D eigenvalue weighted by molar-refractivity contribution is -0.137. The Hall–Kier alpha value is -3.99. The molecule has 0 radical (unpaired) electrons. The van der Waals surface area contributed by atoms with E-state index in [2.05, 4.69) is 11.9 Å². The average Bonchev–Trinajstić information content (AvgIpc) is 3.34. The van der Waals surface area contributed by atoms with Gasteiger partial charge >= 0.3 is 12.2 Å². The predicted molar refractivity (Wildman–Crippen MR) is 150 cm³/mol. The van der Waals surface area contributed by atoms with Gasteiger partial charge in [-0.1, -0.05) is 12.1 Å². The van der Waals surface area contributed by atoms with Gasteiger partial charge in [-0.15, -0.1) is 17.9 Å². The number of hydrogen-bond donors (Lipinski definition) is 1. The molecular formula is C29H32F3N3O4S. The van der Waals surface area contributed by atoms with E-state index in [-0.39, 0.29) is 24.7 Å². The van der Waals surface area contributed by atoms with Crippen LogP contribution in [0.4, 0.5) is 23.7 Å². The van der Waals surface area contributed by atoms with Crippen molar-refractivity contribution in [3.8, 4) is 11.5 Å². The van der Waals surface area contributed by atoms with Crippen molar-refractivity contribution < 1.29 is 32.2 Å². The molecule has 3 aromatic rings. The summed E-state index contributed by atoms with van der Waals surface area (Å²) in [6.45, 7) is 6.23. The zero-order valence-corrected chi connectivity index (χ0v) is 23.4. The molecule has 0 bridgehead atoms. The minimum atomic E-state index is -4.48. The van der Waals surface area contributed by atoms with Gasteiger partial charge in [0.2, 0.25) is 5.91 Å². The average molecular weight is 576 g/mol. The van der Waals surface area contributed by atoms with Crippen LogP contribution in [0.3, 0.4) is 0 Å². The predicted octanol–water partition coefficient (Wildman–Crippen LogP) is 6.38. The highest BCUT2D eigenvalue weighted by Crippen LogP contribution is 2.30. The fourth-order valence-electron chi connectivity index (χ4n) is 3.93. The van der Waals surface area contributed by atoms with E-state index in [1.807, 2.05) is 31.2 Å². The summed E-state index contributed by atoms with van der Waals surface area (Å²) in [6.07, 6.45) is -2.46. The number of methoxy groups -OCH3 is 2. The number of benzene rings is 2. The van der Waals surface area contributed by atoms with E-state index >= 15 is 0 Å². The fraction of sp³-hybridized carbons (Fsp3) is 0.310. The van der Waals surface area contributed by atoms with Crippen LogP contribution in [0.2, 0.25) is 0 Å². The maximum Gasteiger partial charge on any atom is 0.416 e. The van der Waals surface area contributed by atoms with Gasteiger partial charge in [0.05, 0.1) is 26.3 Å². The molecule has 3 rings (SSSR count). The van der Waals surface area contributed by atoms with E-state index in [1.165, 1.54) is 23.1 Å². The van der Waals surface area contributed by atoms with Gasteiger partial charge in [-0.05, 0) is 67.4 Å². The van der Waals surface area contributed by atoms with Crippen LogP contribution in [0, 0.1) is 6.92 Å². The molecule has 0 unspecified atom stereocenters. The van der Waals surface area contributed by atoms with Crippen molar-refractivity contribution in [1.82, 2.24) is 9.80 Å². The number of amides is 3. The Morgan fingerprint density at radius 1 is 1.00 bits per heavy atom. The van der Waals surface area contributed by atoms with Gasteiger partial charge in [-0.2, -0.15) is 13.2 Å². The number of halogens is 3. The lowest BCUT2D eigenvalue weighted by Gasteiger charge is -2.27. The number of hydrogen-bond acceptors (Lipinski definition) is 5. The summed E-state index contributed by atoms with van der Waals surface area (Å²) in [4.78, 5) is 31.5. The number of thiophene rings is 1. The topological polar surface area (TPSA) is 71.1 Å². The first-order valence-corrected chi connectivity index (χ1v) is 13.2. The normalized spacial score (nSPS) is 11.1. The van der Waals surface area contributed by atoms with Crippen LogP contribution in [-0.2, 0) is 23.9 Å². The molecule has 0 saturated carbocycles. The molecule has 11 heteroatoms. The first kappa shape index (κ1) is 30.6. The number of carbonyl (C=O) groups is 2. The Morgan fingerprint density at radius 3 is 2.27 bits per heavy atom. The van der Waals surface area contributed by atoms with E-state index in [9.17, 15) is 22.8 Å². The summed E-state index contributed by atoms with van der Waals surface area (Å²) in [6, 6.07) is 13.0. The van der Waals surface area contributed by atoms with Crippen molar-refractivity contribution in [2.75, 3.05) is 39.2 Å². The number of nitrogens with zero attached hydrogens (tertiary/aromatic N) is 2. The Morgan fingerprint density at radius 2 is 1.70 bits per heavy atom. The second-order valence-corrected chi connectivity index (χ2v) is 10.3. The zero-order valence-electron chi connectivity index (χ0n) is 22.6. The molecule has 3 amide bonds. The van der Waals surface area contributed by atoms with Crippen LogP contribution >= 0.6 is 11.3 Å². The van der Waals surface area contributed by atoms with Gasteiger partial charge in [0, 0.05) is 28.5 Å². The standard InChI is InChI=1S/C29H32F3N3O4S/c1-5-15-35(28(37)33-23-10-8-22(9-11-23)29(30,31)32)19-27(36)34(18-24-12-6-20(2)40-24)16-14-21-7-13-25(38-3)26(17-21)39-4/h5-13,17H,1,14-16,18-19H2,2-4H3,(H,33,37). The van der Waals surface area contributed by atoms with Crippen LogP contribution in [0.1, 0.15) is 20.9 Å². The molecule has 0 fully saturated rings. The van der Waals surface area contributed by atoms with E-state index < -0.39 is 17.8 Å². The van der Waals surface area contributed by atoms with E-state index in [0.717, 1.165) is 27.5 Å². The monoisotopic (exact) mass is 575 g/mol. The molecule has 0 spiro atoms. The van der Waals surface area contributed by atoms with Gasteiger partial charge in [0.1, 0.15) is 6.54 Å². The van der Waals surface area contributed by atoms with Crippen LogP contribution in [-0.4, -0.2) is 55.6 Å². The maximum absolute atomic E-state index is 13.5. The van der Waals surface area contributed by atoms with Gasteiger partial charge in [-0.25, -0.2) is 4.79 Å². The molecule has 1 heterocycles. The van der Waals surface area contributed by atoms with Crippen LogP contribution in [0.15, 0.2) is 67.3 Å². The molecule has 2 aromatic carbocycles. The second-order valence-electron chi connectivity index (χ2n) is 8.94. The smallest absolute Gasteiger partial charge is 0.416 e. The molecule has 40 heavy (non-hydrogen) atoms. The number of nitrogens with one attached hydrogen (secondary N) is 1. The minimum Gasteiger partial charge on any atom is -0.493 e. The zero-order chi connectivity index (χ0) is 29.3. The van der Waals surface area contributed by atoms with Crippen molar-refractivity contribution in [2.24, 2.45) is 0 Å². The lowest BCUT2D eigenvalue weighted by Crippen LogP contribution is -2.44. The van der Waals surface area contributed by atoms with Crippen LogP contribution in [0.5, 0.6) is 11.5 Å². The molecule has 1 aromatic heterocycles. The first-order valence-electron chi connectivity index (χ1n) is 12.4. The van der Waals surface area contributed by atoms with Crippen molar-refractivity contribution in [2.45, 2.75) is 26.1 Å². The number of aryl methyl sites for hydroxylation is 1. The second kappa shape index (κ2) is 13.9.